The summed E-state index contributed by atoms with van der Waals surface area (Å²) in [6, 6.07) is 0. The molecule has 0 bridgehead atoms. The van der Waals surface area contributed by atoms with Gasteiger partial charge >= 0.3 is 0 Å². The minimum Gasteiger partial charge on any atom is -0.275 e. The molecule has 16 heavy (non-hydrogen) atoms. The summed E-state index contributed by atoms with van der Waals surface area (Å²) in [4.78, 5) is 24.4. The predicted octanol–water partition coefficient (Wildman–Crippen LogP) is 0.544. The zero-order chi connectivity index (χ0) is 11.9. The van der Waals surface area contributed by atoms with Crippen LogP contribution in [0.15, 0.2) is 17.8 Å². The van der Waals surface area contributed by atoms with Gasteiger partial charge in [0.1, 0.15) is 0 Å². The lowest BCUT2D eigenvalue weighted by atomic mass is 10.2. The highest BCUT2D eigenvalue weighted by molar-refractivity contribution is 6.15. The number of imide groups is 1. The summed E-state index contributed by atoms with van der Waals surface area (Å²) >= 11 is 0. The molecule has 0 saturated carbocycles. The lowest BCUT2D eigenvalue weighted by Crippen LogP contribution is -2.30. The number of carbonyl (C=O) groups is 2. The third kappa shape index (κ3) is 1.64. The fourth-order valence-electron chi connectivity index (χ4n) is 1.76. The zero-order valence-electron chi connectivity index (χ0n) is 9.52. The van der Waals surface area contributed by atoms with Gasteiger partial charge in [0, 0.05) is 30.5 Å². The number of aromatic nitrogens is 2. The zero-order valence-corrected chi connectivity index (χ0v) is 9.52. The molecule has 0 atom stereocenters. The van der Waals surface area contributed by atoms with E-state index < -0.39 is 0 Å². The van der Waals surface area contributed by atoms with E-state index in [4.69, 9.17) is 0 Å². The number of aryl methyl sites for hydroxylation is 2. The van der Waals surface area contributed by atoms with Crippen LogP contribution < -0.4 is 0 Å². The lowest BCUT2D eigenvalue weighted by Gasteiger charge is -2.13. The average Bonchev–Trinajstić information content (AvgIpc) is 2.62. The second-order valence-corrected chi connectivity index (χ2v) is 3.97. The van der Waals surface area contributed by atoms with E-state index in [1.54, 1.807) is 11.6 Å². The monoisotopic (exact) mass is 219 g/mol. The molecule has 5 heteroatoms. The van der Waals surface area contributed by atoms with Crippen molar-refractivity contribution in [2.45, 2.75) is 20.4 Å². The van der Waals surface area contributed by atoms with E-state index in [1.807, 2.05) is 20.2 Å². The van der Waals surface area contributed by atoms with Crippen molar-refractivity contribution in [3.05, 3.63) is 29.1 Å². The fourth-order valence-corrected chi connectivity index (χ4v) is 1.76. The first-order valence-electron chi connectivity index (χ1n) is 5.02. The van der Waals surface area contributed by atoms with Gasteiger partial charge < -0.3 is 0 Å². The number of nitrogens with zero attached hydrogens (tertiary/aromatic N) is 3. The van der Waals surface area contributed by atoms with Gasteiger partial charge in [-0.1, -0.05) is 0 Å². The highest BCUT2D eigenvalue weighted by Crippen LogP contribution is 2.16. The maximum atomic E-state index is 11.6. The van der Waals surface area contributed by atoms with Crippen LogP contribution in [0.5, 0.6) is 0 Å². The van der Waals surface area contributed by atoms with E-state index in [2.05, 4.69) is 5.10 Å². The van der Waals surface area contributed by atoms with Gasteiger partial charge in [0.2, 0.25) is 0 Å². The predicted molar refractivity (Wildman–Crippen MR) is 57.3 cm³/mol. The molecule has 1 aliphatic rings. The van der Waals surface area contributed by atoms with E-state index in [-0.39, 0.29) is 11.8 Å². The molecule has 0 aromatic carbocycles. The van der Waals surface area contributed by atoms with Crippen LogP contribution in [0.4, 0.5) is 0 Å². The second kappa shape index (κ2) is 3.59. The van der Waals surface area contributed by atoms with Gasteiger partial charge in [-0.15, -0.1) is 0 Å². The van der Waals surface area contributed by atoms with Crippen LogP contribution in [0.1, 0.15) is 18.2 Å². The maximum Gasteiger partial charge on any atom is 0.256 e. The lowest BCUT2D eigenvalue weighted by molar-refractivity contribution is -0.137. The van der Waals surface area contributed by atoms with Crippen molar-refractivity contribution in [3.63, 3.8) is 0 Å². The second-order valence-electron chi connectivity index (χ2n) is 3.97. The third-order valence-corrected chi connectivity index (χ3v) is 2.63. The Labute approximate surface area is 93.3 Å². The van der Waals surface area contributed by atoms with Crippen LogP contribution in [0.3, 0.4) is 0 Å². The largest absolute Gasteiger partial charge is 0.275 e. The Morgan fingerprint density at radius 1 is 1.31 bits per heavy atom. The first-order chi connectivity index (χ1) is 7.49. The Morgan fingerprint density at radius 2 is 2.00 bits per heavy atom. The molecule has 0 radical (unpaired) electrons. The van der Waals surface area contributed by atoms with Crippen molar-refractivity contribution in [3.8, 4) is 0 Å². The molecule has 2 heterocycles. The summed E-state index contributed by atoms with van der Waals surface area (Å²) in [6.45, 7) is 3.81. The molecule has 0 unspecified atom stereocenters. The summed E-state index contributed by atoms with van der Waals surface area (Å²) in [5, 5.41) is 4.17. The molecule has 0 saturated heterocycles. The smallest absolute Gasteiger partial charge is 0.256 e. The van der Waals surface area contributed by atoms with Crippen LogP contribution in [-0.4, -0.2) is 26.5 Å². The SMILES string of the molecule is CC1=CC(=O)N(Cc2cn(C)nc2C)C1=O. The summed E-state index contributed by atoms with van der Waals surface area (Å²) in [7, 11) is 1.81. The van der Waals surface area contributed by atoms with Crippen LogP contribution in [-0.2, 0) is 23.2 Å². The molecular weight excluding hydrogens is 206 g/mol. The van der Waals surface area contributed by atoms with Crippen molar-refractivity contribution in [2.75, 3.05) is 0 Å². The van der Waals surface area contributed by atoms with Gasteiger partial charge in [-0.05, 0) is 13.8 Å². The molecule has 0 aliphatic carbocycles. The van der Waals surface area contributed by atoms with E-state index in [1.165, 1.54) is 11.0 Å². The molecule has 0 spiro atoms. The van der Waals surface area contributed by atoms with Crippen molar-refractivity contribution in [1.29, 1.82) is 0 Å². The van der Waals surface area contributed by atoms with E-state index in [0.29, 0.717) is 12.1 Å². The Hall–Kier alpha value is -1.91. The standard InChI is InChI=1S/C11H13N3O2/c1-7-4-10(15)14(11(7)16)6-9-5-13(3)12-8(9)2/h4-5H,6H2,1-3H3. The number of amides is 2. The molecular formula is C11H13N3O2. The molecule has 1 aliphatic heterocycles. The van der Waals surface area contributed by atoms with Crippen LogP contribution in [0.2, 0.25) is 0 Å². The van der Waals surface area contributed by atoms with E-state index in [9.17, 15) is 9.59 Å². The van der Waals surface area contributed by atoms with Crippen molar-refractivity contribution >= 4 is 11.8 Å². The van der Waals surface area contributed by atoms with Gasteiger partial charge in [-0.25, -0.2) is 0 Å². The molecule has 1 aromatic rings. The Balaban J connectivity index is 2.21. The Kier molecular flexibility index (Phi) is 2.38. The molecule has 0 fully saturated rings. The fraction of sp³-hybridized carbons (Fsp3) is 0.364. The van der Waals surface area contributed by atoms with Gasteiger partial charge in [0.15, 0.2) is 0 Å². The summed E-state index contributed by atoms with van der Waals surface area (Å²) in [6.07, 6.45) is 3.19. The quantitative estimate of drug-likeness (QED) is 0.682. The van der Waals surface area contributed by atoms with Gasteiger partial charge in [0.25, 0.3) is 11.8 Å². The first-order valence-corrected chi connectivity index (χ1v) is 5.02. The normalized spacial score (nSPS) is 15.9. The van der Waals surface area contributed by atoms with Crippen LogP contribution in [0, 0.1) is 6.92 Å². The van der Waals surface area contributed by atoms with Crippen LogP contribution >= 0.6 is 0 Å². The Bertz CT molecular complexity index is 499. The summed E-state index contributed by atoms with van der Waals surface area (Å²) in [5.41, 5.74) is 2.23. The maximum absolute atomic E-state index is 11.6. The molecule has 0 N–H and O–H groups in total. The van der Waals surface area contributed by atoms with Gasteiger partial charge in [0.05, 0.1) is 12.2 Å². The summed E-state index contributed by atoms with van der Waals surface area (Å²) in [5.74, 6) is -0.459. The molecule has 5 nitrogen and oxygen atoms in total. The third-order valence-electron chi connectivity index (χ3n) is 2.63. The van der Waals surface area contributed by atoms with E-state index in [0.717, 1.165) is 11.3 Å². The van der Waals surface area contributed by atoms with Gasteiger partial charge in [-0.3, -0.25) is 19.2 Å². The highest BCUT2D eigenvalue weighted by atomic mass is 16.2. The average molecular weight is 219 g/mol. The molecule has 2 rings (SSSR count). The first kappa shape index (κ1) is 10.6. The number of carbonyl (C=O) groups excluding carboxylic acids is 2. The number of rotatable bonds is 2. The van der Waals surface area contributed by atoms with Crippen molar-refractivity contribution in [1.82, 2.24) is 14.7 Å². The topological polar surface area (TPSA) is 55.2 Å². The minimum atomic E-state index is -0.245. The highest BCUT2D eigenvalue weighted by Gasteiger charge is 2.28. The van der Waals surface area contributed by atoms with E-state index >= 15 is 0 Å². The molecule has 1 aromatic heterocycles. The van der Waals surface area contributed by atoms with Crippen molar-refractivity contribution in [2.24, 2.45) is 7.05 Å². The Morgan fingerprint density at radius 3 is 2.44 bits per heavy atom. The number of hydrogen-bond acceptors (Lipinski definition) is 3. The summed E-state index contributed by atoms with van der Waals surface area (Å²) < 4.78 is 1.68. The number of hydrogen-bond donors (Lipinski definition) is 0. The van der Waals surface area contributed by atoms with Crippen LogP contribution in [0.25, 0.3) is 0 Å². The molecule has 84 valence electrons. The van der Waals surface area contributed by atoms with Gasteiger partial charge in [-0.2, -0.15) is 5.10 Å². The minimum absolute atomic E-state index is 0.215. The van der Waals surface area contributed by atoms with Crippen molar-refractivity contribution < 1.29 is 9.59 Å². The molecule has 2 amide bonds.